The maximum absolute atomic E-state index is 12.7. The van der Waals surface area contributed by atoms with Gasteiger partial charge < -0.3 is 4.74 Å². The average Bonchev–Trinajstić information content (AvgIpc) is 2.46. The van der Waals surface area contributed by atoms with Crippen LogP contribution in [0.1, 0.15) is 5.56 Å². The number of benzene rings is 2. The molecule has 4 heteroatoms. The Kier molecular flexibility index (Phi) is 4.47. The van der Waals surface area contributed by atoms with E-state index >= 15 is 0 Å². The highest BCUT2D eigenvalue weighted by Crippen LogP contribution is 2.14. The summed E-state index contributed by atoms with van der Waals surface area (Å²) < 4.78 is 29.7. The molecule has 0 N–H and O–H groups in total. The van der Waals surface area contributed by atoms with Crippen LogP contribution in [0.3, 0.4) is 0 Å². The van der Waals surface area contributed by atoms with Gasteiger partial charge in [-0.2, -0.15) is 0 Å². The lowest BCUT2D eigenvalue weighted by molar-refractivity contribution is 0.415. The molecule has 0 saturated heterocycles. The summed E-state index contributed by atoms with van der Waals surface area (Å²) in [5.74, 6) is 0.441. The molecule has 1 atom stereocenters. The lowest BCUT2D eigenvalue weighted by Crippen LogP contribution is -1.86. The van der Waals surface area contributed by atoms with E-state index in [9.17, 15) is 8.60 Å². The van der Waals surface area contributed by atoms with E-state index in [4.69, 9.17) is 4.74 Å². The van der Waals surface area contributed by atoms with Crippen molar-refractivity contribution in [2.24, 2.45) is 0 Å². The van der Waals surface area contributed by atoms with Gasteiger partial charge in [0.15, 0.2) is 0 Å². The first-order chi connectivity index (χ1) is 9.19. The van der Waals surface area contributed by atoms with E-state index in [1.54, 1.807) is 18.6 Å². The van der Waals surface area contributed by atoms with Gasteiger partial charge in [0.25, 0.3) is 0 Å². The lowest BCUT2D eigenvalue weighted by atomic mass is 10.2. The van der Waals surface area contributed by atoms with Crippen molar-refractivity contribution in [2.75, 3.05) is 7.11 Å². The molecule has 19 heavy (non-hydrogen) atoms. The normalized spacial score (nSPS) is 12.5. The van der Waals surface area contributed by atoms with Crippen LogP contribution in [0.5, 0.6) is 5.75 Å². The number of halogens is 1. The third-order valence-electron chi connectivity index (χ3n) is 2.55. The van der Waals surface area contributed by atoms with Crippen molar-refractivity contribution in [1.29, 1.82) is 0 Å². The Hall–Kier alpha value is -1.94. The van der Waals surface area contributed by atoms with Crippen molar-refractivity contribution < 1.29 is 13.3 Å². The molecule has 0 radical (unpaired) electrons. The highest BCUT2D eigenvalue weighted by Gasteiger charge is 1.99. The Morgan fingerprint density at radius 2 is 1.68 bits per heavy atom. The standard InChI is InChI=1S/C15H13FO2S/c1-18-14-6-2-12(3-7-14)10-11-19(17)15-8-4-13(16)5-9-15/h2-11H,1H3/b11-10+. The van der Waals surface area contributed by atoms with E-state index in [1.165, 1.54) is 24.3 Å². The van der Waals surface area contributed by atoms with E-state index in [0.29, 0.717) is 4.90 Å². The molecule has 0 bridgehead atoms. The number of ether oxygens (including phenoxy) is 1. The van der Waals surface area contributed by atoms with E-state index < -0.39 is 10.8 Å². The summed E-state index contributed by atoms with van der Waals surface area (Å²) >= 11 is 0. The third kappa shape index (κ3) is 3.76. The van der Waals surface area contributed by atoms with Crippen LogP contribution in [0.2, 0.25) is 0 Å². The fourth-order valence-corrected chi connectivity index (χ4v) is 2.34. The maximum atomic E-state index is 12.7. The van der Waals surface area contributed by atoms with Gasteiger partial charge >= 0.3 is 0 Å². The lowest BCUT2D eigenvalue weighted by Gasteiger charge is -1.99. The first-order valence-corrected chi connectivity index (χ1v) is 6.89. The summed E-state index contributed by atoms with van der Waals surface area (Å²) in [7, 11) is 0.328. The zero-order chi connectivity index (χ0) is 13.7. The Morgan fingerprint density at radius 1 is 1.05 bits per heavy atom. The molecule has 0 spiro atoms. The van der Waals surface area contributed by atoms with Gasteiger partial charge in [0.2, 0.25) is 0 Å². The van der Waals surface area contributed by atoms with Gasteiger partial charge in [-0.3, -0.25) is 0 Å². The second-order valence-electron chi connectivity index (χ2n) is 3.83. The van der Waals surface area contributed by atoms with Crippen molar-refractivity contribution in [3.8, 4) is 5.75 Å². The molecular weight excluding hydrogens is 263 g/mol. The first-order valence-electron chi connectivity index (χ1n) is 5.67. The predicted molar refractivity (Wildman–Crippen MR) is 74.8 cm³/mol. The topological polar surface area (TPSA) is 26.3 Å². The molecule has 0 saturated carbocycles. The van der Waals surface area contributed by atoms with E-state index in [-0.39, 0.29) is 5.82 Å². The molecule has 0 aliphatic heterocycles. The molecule has 2 aromatic carbocycles. The summed E-state index contributed by atoms with van der Waals surface area (Å²) in [5.41, 5.74) is 0.927. The second kappa shape index (κ2) is 6.29. The van der Waals surface area contributed by atoms with Gasteiger partial charge in [0, 0.05) is 10.3 Å². The quantitative estimate of drug-likeness (QED) is 0.852. The highest BCUT2D eigenvalue weighted by atomic mass is 32.2. The van der Waals surface area contributed by atoms with Crippen molar-refractivity contribution in [3.05, 3.63) is 65.3 Å². The smallest absolute Gasteiger partial charge is 0.123 e. The minimum atomic E-state index is -1.28. The zero-order valence-corrected chi connectivity index (χ0v) is 11.2. The molecule has 1 unspecified atom stereocenters. The van der Waals surface area contributed by atoms with Crippen LogP contribution < -0.4 is 4.74 Å². The molecule has 2 nitrogen and oxygen atoms in total. The summed E-state index contributed by atoms with van der Waals surface area (Å²) in [6, 6.07) is 13.0. The van der Waals surface area contributed by atoms with Gasteiger partial charge in [0.05, 0.1) is 17.9 Å². The minimum Gasteiger partial charge on any atom is -0.497 e. The van der Waals surface area contributed by atoms with Crippen LogP contribution in [0.25, 0.3) is 6.08 Å². The van der Waals surface area contributed by atoms with Crippen LogP contribution >= 0.6 is 0 Å². The second-order valence-corrected chi connectivity index (χ2v) is 5.17. The maximum Gasteiger partial charge on any atom is 0.123 e. The van der Waals surface area contributed by atoms with Gasteiger partial charge in [-0.05, 0) is 48.0 Å². The third-order valence-corrected chi connectivity index (χ3v) is 3.67. The van der Waals surface area contributed by atoms with Crippen LogP contribution in [0.15, 0.2) is 58.8 Å². The average molecular weight is 276 g/mol. The first kappa shape index (κ1) is 13.5. The molecule has 0 aliphatic rings. The van der Waals surface area contributed by atoms with Gasteiger partial charge in [-0.1, -0.05) is 12.1 Å². The summed E-state index contributed by atoms with van der Waals surface area (Å²) in [5, 5.41) is 1.58. The molecular formula is C15H13FO2S. The van der Waals surface area contributed by atoms with Crippen LogP contribution in [-0.4, -0.2) is 11.3 Å². The van der Waals surface area contributed by atoms with E-state index in [1.807, 2.05) is 24.3 Å². The van der Waals surface area contributed by atoms with Crippen molar-refractivity contribution in [1.82, 2.24) is 0 Å². The molecule has 0 aliphatic carbocycles. The van der Waals surface area contributed by atoms with Gasteiger partial charge in [-0.25, -0.2) is 8.60 Å². The number of rotatable bonds is 4. The SMILES string of the molecule is COc1ccc(/C=C/S(=O)c2ccc(F)cc2)cc1. The Labute approximate surface area is 114 Å². The molecule has 0 aromatic heterocycles. The van der Waals surface area contributed by atoms with Crippen LogP contribution in [-0.2, 0) is 10.8 Å². The van der Waals surface area contributed by atoms with Gasteiger partial charge in [-0.15, -0.1) is 0 Å². The summed E-state index contributed by atoms with van der Waals surface area (Å²) in [4.78, 5) is 0.575. The summed E-state index contributed by atoms with van der Waals surface area (Å²) in [6.45, 7) is 0. The molecule has 0 amide bonds. The highest BCUT2D eigenvalue weighted by molar-refractivity contribution is 7.88. The molecule has 2 aromatic rings. The zero-order valence-electron chi connectivity index (χ0n) is 10.4. The molecule has 98 valence electrons. The fourth-order valence-electron chi connectivity index (χ4n) is 1.50. The Balaban J connectivity index is 2.08. The minimum absolute atomic E-state index is 0.333. The van der Waals surface area contributed by atoms with E-state index in [0.717, 1.165) is 11.3 Å². The number of methoxy groups -OCH3 is 1. The Bertz CT molecular complexity index is 589. The number of hydrogen-bond donors (Lipinski definition) is 0. The van der Waals surface area contributed by atoms with Gasteiger partial charge in [0.1, 0.15) is 11.6 Å². The van der Waals surface area contributed by atoms with E-state index in [2.05, 4.69) is 0 Å². The largest absolute Gasteiger partial charge is 0.497 e. The van der Waals surface area contributed by atoms with Crippen LogP contribution in [0.4, 0.5) is 4.39 Å². The van der Waals surface area contributed by atoms with Crippen molar-refractivity contribution in [3.63, 3.8) is 0 Å². The summed E-state index contributed by atoms with van der Waals surface area (Å²) in [6.07, 6.45) is 1.76. The predicted octanol–water partition coefficient (Wildman–Crippen LogP) is 3.61. The molecule has 0 fully saturated rings. The molecule has 2 rings (SSSR count). The van der Waals surface area contributed by atoms with Crippen molar-refractivity contribution in [2.45, 2.75) is 4.90 Å². The molecule has 0 heterocycles. The fraction of sp³-hybridized carbons (Fsp3) is 0.0667. The number of hydrogen-bond acceptors (Lipinski definition) is 2. The Morgan fingerprint density at radius 3 is 2.26 bits per heavy atom. The monoisotopic (exact) mass is 276 g/mol. The van der Waals surface area contributed by atoms with Crippen LogP contribution in [0, 0.1) is 5.82 Å². The van der Waals surface area contributed by atoms with Crippen molar-refractivity contribution >= 4 is 16.9 Å².